The number of hydrogen-bond donors (Lipinski definition) is 1. The zero-order chi connectivity index (χ0) is 13.1. The number of methoxy groups -OCH3 is 1. The van der Waals surface area contributed by atoms with Crippen molar-refractivity contribution >= 4 is 11.6 Å². The van der Waals surface area contributed by atoms with Gasteiger partial charge in [-0.05, 0) is 42.9 Å². The van der Waals surface area contributed by atoms with Gasteiger partial charge in [-0.1, -0.05) is 25.4 Å². The van der Waals surface area contributed by atoms with E-state index in [9.17, 15) is 0 Å². The molecule has 1 aliphatic carbocycles. The quantitative estimate of drug-likeness (QED) is 0.894. The van der Waals surface area contributed by atoms with E-state index in [-0.39, 0.29) is 0 Å². The molecule has 3 atom stereocenters. The van der Waals surface area contributed by atoms with E-state index in [0.29, 0.717) is 6.04 Å². The lowest BCUT2D eigenvalue weighted by Crippen LogP contribution is -2.32. The minimum atomic E-state index is 0.615. The second kappa shape index (κ2) is 5.94. The zero-order valence-electron chi connectivity index (χ0n) is 11.4. The second-order valence-corrected chi connectivity index (χ2v) is 5.79. The van der Waals surface area contributed by atoms with Gasteiger partial charge < -0.3 is 10.1 Å². The van der Waals surface area contributed by atoms with Crippen molar-refractivity contribution in [2.24, 2.45) is 11.8 Å². The van der Waals surface area contributed by atoms with Gasteiger partial charge in [0.05, 0.1) is 7.11 Å². The highest BCUT2D eigenvalue weighted by atomic mass is 35.5. The van der Waals surface area contributed by atoms with Crippen LogP contribution in [0.2, 0.25) is 5.02 Å². The first kappa shape index (κ1) is 13.7. The molecule has 1 aliphatic rings. The molecule has 0 bridgehead atoms. The van der Waals surface area contributed by atoms with E-state index in [1.165, 1.54) is 12.8 Å². The Hall–Kier alpha value is -0.730. The Morgan fingerprint density at radius 2 is 2.11 bits per heavy atom. The summed E-state index contributed by atoms with van der Waals surface area (Å²) < 4.78 is 5.36. The lowest BCUT2D eigenvalue weighted by molar-refractivity contribution is 0.364. The Bertz CT molecular complexity index is 407. The minimum absolute atomic E-state index is 0.615. The highest BCUT2D eigenvalue weighted by Crippen LogP contribution is 2.31. The van der Waals surface area contributed by atoms with Gasteiger partial charge in [0.2, 0.25) is 0 Å². The van der Waals surface area contributed by atoms with Crippen LogP contribution in [0.15, 0.2) is 18.2 Å². The molecule has 1 fully saturated rings. The van der Waals surface area contributed by atoms with Gasteiger partial charge in [0, 0.05) is 23.2 Å². The number of rotatable bonds is 4. The van der Waals surface area contributed by atoms with E-state index in [1.54, 1.807) is 7.11 Å². The van der Waals surface area contributed by atoms with Crippen LogP contribution in [0.25, 0.3) is 0 Å². The smallest absolute Gasteiger partial charge is 0.123 e. The van der Waals surface area contributed by atoms with Crippen molar-refractivity contribution in [3.8, 4) is 5.75 Å². The fraction of sp³-hybridized carbons (Fsp3) is 0.600. The van der Waals surface area contributed by atoms with Crippen LogP contribution in [0.1, 0.15) is 32.3 Å². The normalized spacial score (nSPS) is 27.4. The highest BCUT2D eigenvalue weighted by Gasteiger charge is 2.29. The number of halogens is 1. The molecule has 1 aromatic rings. The van der Waals surface area contributed by atoms with E-state index >= 15 is 0 Å². The molecule has 0 aromatic heterocycles. The zero-order valence-corrected chi connectivity index (χ0v) is 12.1. The Kier molecular flexibility index (Phi) is 4.52. The summed E-state index contributed by atoms with van der Waals surface area (Å²) in [4.78, 5) is 0. The summed E-state index contributed by atoms with van der Waals surface area (Å²) in [7, 11) is 1.70. The number of hydrogen-bond acceptors (Lipinski definition) is 2. The fourth-order valence-electron chi connectivity index (χ4n) is 2.78. The molecule has 0 heterocycles. The summed E-state index contributed by atoms with van der Waals surface area (Å²) in [5.74, 6) is 2.48. The van der Waals surface area contributed by atoms with Crippen LogP contribution in [-0.4, -0.2) is 13.2 Å². The van der Waals surface area contributed by atoms with Crippen LogP contribution in [0, 0.1) is 11.8 Å². The topological polar surface area (TPSA) is 21.3 Å². The van der Waals surface area contributed by atoms with Crippen LogP contribution in [0.5, 0.6) is 5.75 Å². The van der Waals surface area contributed by atoms with Crippen LogP contribution in [0.4, 0.5) is 0 Å². The summed E-state index contributed by atoms with van der Waals surface area (Å²) in [5, 5.41) is 4.41. The Morgan fingerprint density at radius 1 is 1.33 bits per heavy atom. The monoisotopic (exact) mass is 267 g/mol. The molecule has 0 spiro atoms. The molecular weight excluding hydrogens is 246 g/mol. The first-order chi connectivity index (χ1) is 8.61. The van der Waals surface area contributed by atoms with Gasteiger partial charge in [0.25, 0.3) is 0 Å². The predicted molar refractivity (Wildman–Crippen MR) is 76.2 cm³/mol. The molecule has 2 rings (SSSR count). The SMILES string of the molecule is COc1ccc(Cl)cc1CNC1CCC(C)C1C. The van der Waals surface area contributed by atoms with Crippen molar-refractivity contribution < 1.29 is 4.74 Å². The predicted octanol–water partition coefficient (Wildman–Crippen LogP) is 3.87. The van der Waals surface area contributed by atoms with Crippen molar-refractivity contribution in [2.45, 2.75) is 39.3 Å². The van der Waals surface area contributed by atoms with E-state index in [0.717, 1.165) is 34.7 Å². The van der Waals surface area contributed by atoms with E-state index in [4.69, 9.17) is 16.3 Å². The first-order valence-corrected chi connectivity index (χ1v) is 7.05. The van der Waals surface area contributed by atoms with E-state index in [2.05, 4.69) is 19.2 Å². The number of benzene rings is 1. The van der Waals surface area contributed by atoms with Gasteiger partial charge in [-0.15, -0.1) is 0 Å². The Balaban J connectivity index is 1.99. The third kappa shape index (κ3) is 2.99. The van der Waals surface area contributed by atoms with Crippen LogP contribution in [-0.2, 0) is 6.54 Å². The van der Waals surface area contributed by atoms with Crippen molar-refractivity contribution in [3.63, 3.8) is 0 Å². The fourth-order valence-corrected chi connectivity index (χ4v) is 2.97. The van der Waals surface area contributed by atoms with E-state index in [1.807, 2.05) is 18.2 Å². The van der Waals surface area contributed by atoms with Crippen molar-refractivity contribution in [3.05, 3.63) is 28.8 Å². The molecule has 0 saturated heterocycles. The molecule has 1 N–H and O–H groups in total. The maximum atomic E-state index is 6.04. The van der Waals surface area contributed by atoms with E-state index < -0.39 is 0 Å². The van der Waals surface area contributed by atoms with Gasteiger partial charge in [0.15, 0.2) is 0 Å². The van der Waals surface area contributed by atoms with Gasteiger partial charge in [0.1, 0.15) is 5.75 Å². The standard InChI is InChI=1S/C15H22ClNO/c1-10-4-6-14(11(10)2)17-9-12-8-13(16)5-7-15(12)18-3/h5,7-8,10-11,14,17H,4,6,9H2,1-3H3. The molecule has 0 radical (unpaired) electrons. The molecule has 3 heteroatoms. The third-order valence-electron chi connectivity index (χ3n) is 4.26. The molecule has 1 saturated carbocycles. The largest absolute Gasteiger partial charge is 0.496 e. The first-order valence-electron chi connectivity index (χ1n) is 6.67. The van der Waals surface area contributed by atoms with Crippen LogP contribution in [0.3, 0.4) is 0 Å². The molecule has 100 valence electrons. The van der Waals surface area contributed by atoms with Crippen molar-refractivity contribution in [2.75, 3.05) is 7.11 Å². The maximum absolute atomic E-state index is 6.04. The van der Waals surface area contributed by atoms with Gasteiger partial charge >= 0.3 is 0 Å². The highest BCUT2D eigenvalue weighted by molar-refractivity contribution is 6.30. The number of nitrogens with one attached hydrogen (secondary N) is 1. The van der Waals surface area contributed by atoms with Crippen LogP contribution >= 0.6 is 11.6 Å². The minimum Gasteiger partial charge on any atom is -0.496 e. The average molecular weight is 268 g/mol. The summed E-state index contributed by atoms with van der Waals surface area (Å²) in [5.41, 5.74) is 1.14. The summed E-state index contributed by atoms with van der Waals surface area (Å²) in [6.07, 6.45) is 2.59. The molecule has 2 nitrogen and oxygen atoms in total. The number of ether oxygens (including phenoxy) is 1. The molecule has 3 unspecified atom stereocenters. The summed E-state index contributed by atoms with van der Waals surface area (Å²) >= 11 is 6.04. The molecular formula is C15H22ClNO. The van der Waals surface area contributed by atoms with Crippen molar-refractivity contribution in [1.82, 2.24) is 5.32 Å². The maximum Gasteiger partial charge on any atom is 0.123 e. The summed E-state index contributed by atoms with van der Waals surface area (Å²) in [6, 6.07) is 6.39. The van der Waals surface area contributed by atoms with Crippen molar-refractivity contribution in [1.29, 1.82) is 0 Å². The molecule has 18 heavy (non-hydrogen) atoms. The summed E-state index contributed by atoms with van der Waals surface area (Å²) in [6.45, 7) is 5.50. The Labute approximate surface area is 115 Å². The lowest BCUT2D eigenvalue weighted by atomic mass is 9.97. The third-order valence-corrected chi connectivity index (χ3v) is 4.50. The molecule has 0 aliphatic heterocycles. The van der Waals surface area contributed by atoms with Gasteiger partial charge in [-0.2, -0.15) is 0 Å². The molecule has 1 aromatic carbocycles. The van der Waals surface area contributed by atoms with Gasteiger partial charge in [-0.25, -0.2) is 0 Å². The lowest BCUT2D eigenvalue weighted by Gasteiger charge is -2.20. The molecule has 0 amide bonds. The van der Waals surface area contributed by atoms with Gasteiger partial charge in [-0.3, -0.25) is 0 Å². The average Bonchev–Trinajstić information content (AvgIpc) is 2.68. The van der Waals surface area contributed by atoms with Crippen LogP contribution < -0.4 is 10.1 Å². The Morgan fingerprint density at radius 3 is 2.72 bits per heavy atom. The second-order valence-electron chi connectivity index (χ2n) is 5.36.